The van der Waals surface area contributed by atoms with Gasteiger partial charge in [0.25, 0.3) is 0 Å². The van der Waals surface area contributed by atoms with E-state index in [-0.39, 0.29) is 17.9 Å². The van der Waals surface area contributed by atoms with Crippen LogP contribution >= 0.6 is 0 Å². The number of nitrogens with one attached hydrogen (secondary N) is 2. The normalized spacial score (nSPS) is 16.7. The van der Waals surface area contributed by atoms with E-state index >= 15 is 0 Å². The Balaban J connectivity index is 1.32. The number of fused-ring (bicyclic) bond motifs is 1. The first-order valence-electron chi connectivity index (χ1n) is 11.3. The molecule has 32 heavy (non-hydrogen) atoms. The third-order valence-corrected chi connectivity index (χ3v) is 6.13. The quantitative estimate of drug-likeness (QED) is 0.594. The fourth-order valence-corrected chi connectivity index (χ4v) is 4.09. The van der Waals surface area contributed by atoms with Gasteiger partial charge in [-0.05, 0) is 63.6 Å². The average molecular weight is 434 g/mol. The van der Waals surface area contributed by atoms with Crippen molar-refractivity contribution in [2.24, 2.45) is 5.92 Å². The number of anilines is 2. The lowest BCUT2D eigenvalue weighted by Gasteiger charge is -2.22. The number of aromatic nitrogens is 3. The maximum absolute atomic E-state index is 12.4. The molecule has 2 saturated carbocycles. The summed E-state index contributed by atoms with van der Waals surface area (Å²) in [6, 6.07) is 5.75. The number of carbonyl (C=O) groups is 2. The molecule has 8 nitrogen and oxygen atoms in total. The predicted molar refractivity (Wildman–Crippen MR) is 121 cm³/mol. The molecule has 2 amide bonds. The Morgan fingerprint density at radius 3 is 2.62 bits per heavy atom. The zero-order chi connectivity index (χ0) is 22.1. The summed E-state index contributed by atoms with van der Waals surface area (Å²) in [6.07, 6.45) is 12.3. The molecule has 3 heterocycles. The van der Waals surface area contributed by atoms with Crippen molar-refractivity contribution in [3.8, 4) is 11.1 Å². The average Bonchev–Trinajstić information content (AvgIpc) is 3.56. The number of nitrogens with zero attached hydrogens (tertiary/aromatic N) is 3. The number of amides is 2. The lowest BCUT2D eigenvalue weighted by molar-refractivity contribution is -0.117. The fourth-order valence-electron chi connectivity index (χ4n) is 4.09. The molecule has 8 heteroatoms. The van der Waals surface area contributed by atoms with Crippen molar-refractivity contribution in [3.05, 3.63) is 42.5 Å². The second-order valence-electron chi connectivity index (χ2n) is 8.72. The first-order valence-corrected chi connectivity index (χ1v) is 11.3. The number of hydrogen-bond acceptors (Lipinski definition) is 5. The molecule has 2 aliphatic carbocycles. The van der Waals surface area contributed by atoms with Gasteiger partial charge in [-0.2, -0.15) is 0 Å². The van der Waals surface area contributed by atoms with E-state index in [1.165, 1.54) is 6.42 Å². The Morgan fingerprint density at radius 2 is 1.84 bits per heavy atom. The van der Waals surface area contributed by atoms with Crippen molar-refractivity contribution >= 4 is 29.2 Å². The van der Waals surface area contributed by atoms with Crippen molar-refractivity contribution < 1.29 is 14.3 Å². The highest BCUT2D eigenvalue weighted by atomic mass is 16.6. The van der Waals surface area contributed by atoms with Gasteiger partial charge in [0.2, 0.25) is 5.91 Å². The Morgan fingerprint density at radius 1 is 1.03 bits per heavy atom. The monoisotopic (exact) mass is 433 g/mol. The van der Waals surface area contributed by atoms with Crippen LogP contribution in [0.1, 0.15) is 50.6 Å². The summed E-state index contributed by atoms with van der Waals surface area (Å²) in [7, 11) is 0. The summed E-state index contributed by atoms with van der Waals surface area (Å²) in [5, 5.41) is 5.74. The summed E-state index contributed by atoms with van der Waals surface area (Å²) in [6.45, 7) is 1.86. The Hall–Kier alpha value is -3.42. The van der Waals surface area contributed by atoms with Gasteiger partial charge in [0.15, 0.2) is 5.82 Å². The molecular weight excluding hydrogens is 406 g/mol. The molecule has 0 radical (unpaired) electrons. The third-order valence-electron chi connectivity index (χ3n) is 6.13. The number of rotatable bonds is 5. The Labute approximate surface area is 186 Å². The zero-order valence-corrected chi connectivity index (χ0v) is 18.1. The van der Waals surface area contributed by atoms with E-state index in [1.807, 2.05) is 35.7 Å². The van der Waals surface area contributed by atoms with Crippen LogP contribution in [0.3, 0.4) is 0 Å². The fraction of sp³-hybridized carbons (Fsp3) is 0.417. The molecule has 3 aromatic heterocycles. The van der Waals surface area contributed by atoms with Crippen LogP contribution in [-0.2, 0) is 9.53 Å². The van der Waals surface area contributed by atoms with Crippen LogP contribution < -0.4 is 10.6 Å². The van der Waals surface area contributed by atoms with E-state index in [0.29, 0.717) is 11.5 Å². The highest BCUT2D eigenvalue weighted by molar-refractivity contribution is 5.93. The van der Waals surface area contributed by atoms with Crippen LogP contribution in [-0.4, -0.2) is 32.5 Å². The van der Waals surface area contributed by atoms with Crippen LogP contribution in [0.15, 0.2) is 36.8 Å². The van der Waals surface area contributed by atoms with Crippen molar-refractivity contribution in [2.75, 3.05) is 10.6 Å². The van der Waals surface area contributed by atoms with Crippen LogP contribution in [0.2, 0.25) is 0 Å². The third kappa shape index (κ3) is 4.59. The molecule has 0 aromatic carbocycles. The molecule has 2 aliphatic rings. The van der Waals surface area contributed by atoms with Gasteiger partial charge >= 0.3 is 6.09 Å². The van der Waals surface area contributed by atoms with Crippen LogP contribution in [0.5, 0.6) is 0 Å². The van der Waals surface area contributed by atoms with Gasteiger partial charge in [-0.1, -0.05) is 6.42 Å². The molecule has 0 unspecified atom stereocenters. The summed E-state index contributed by atoms with van der Waals surface area (Å²) >= 11 is 0. The van der Waals surface area contributed by atoms with Crippen LogP contribution in [0, 0.1) is 12.8 Å². The van der Waals surface area contributed by atoms with E-state index in [2.05, 4.69) is 20.6 Å². The summed E-state index contributed by atoms with van der Waals surface area (Å²) in [4.78, 5) is 33.3. The smallest absolute Gasteiger partial charge is 0.411 e. The lowest BCUT2D eigenvalue weighted by atomic mass is 9.98. The SMILES string of the molecule is Cc1ncc(-c2ccc3nc(NC(=O)C4CC4)cn3c2)cc1NC(=O)OC1CCCCC1. The molecular formula is C24H27N5O3. The van der Waals surface area contributed by atoms with E-state index < -0.39 is 6.09 Å². The maximum Gasteiger partial charge on any atom is 0.411 e. The number of carbonyl (C=O) groups excluding carboxylic acids is 2. The van der Waals surface area contributed by atoms with E-state index in [1.54, 1.807) is 12.4 Å². The summed E-state index contributed by atoms with van der Waals surface area (Å²) < 4.78 is 7.46. The molecule has 2 fully saturated rings. The highest BCUT2D eigenvalue weighted by Gasteiger charge is 2.30. The van der Waals surface area contributed by atoms with Crippen molar-refractivity contribution in [3.63, 3.8) is 0 Å². The Kier molecular flexibility index (Phi) is 5.51. The number of ether oxygens (including phenoxy) is 1. The van der Waals surface area contributed by atoms with E-state index in [0.717, 1.165) is 61.0 Å². The van der Waals surface area contributed by atoms with E-state index in [9.17, 15) is 9.59 Å². The second-order valence-corrected chi connectivity index (χ2v) is 8.72. The number of imidazole rings is 1. The molecule has 0 bridgehead atoms. The molecule has 0 aliphatic heterocycles. The largest absolute Gasteiger partial charge is 0.446 e. The van der Waals surface area contributed by atoms with Crippen molar-refractivity contribution in [1.82, 2.24) is 14.4 Å². The van der Waals surface area contributed by atoms with Gasteiger partial charge in [0, 0.05) is 29.4 Å². The second kappa shape index (κ2) is 8.61. The topological polar surface area (TPSA) is 97.6 Å². The number of aryl methyl sites for hydroxylation is 1. The Bertz CT molecular complexity index is 1160. The van der Waals surface area contributed by atoms with Gasteiger partial charge in [-0.15, -0.1) is 0 Å². The minimum atomic E-state index is -0.431. The standard InChI is InChI=1S/C24H27N5O3/c1-15-20(26-24(31)32-19-5-3-2-4-6-19)11-18(12-25-15)17-9-10-22-27-21(14-29(22)13-17)28-23(30)16-7-8-16/h9-14,16,19H,2-8H2,1H3,(H,26,31)(H,28,30). The number of hydrogen-bond donors (Lipinski definition) is 2. The van der Waals surface area contributed by atoms with Crippen molar-refractivity contribution in [2.45, 2.75) is 58.0 Å². The molecule has 166 valence electrons. The zero-order valence-electron chi connectivity index (χ0n) is 18.1. The van der Waals surface area contributed by atoms with Gasteiger partial charge in [-0.25, -0.2) is 9.78 Å². The number of pyridine rings is 2. The minimum Gasteiger partial charge on any atom is -0.446 e. The molecule has 0 spiro atoms. The first-order chi connectivity index (χ1) is 15.5. The van der Waals surface area contributed by atoms with Gasteiger partial charge in [0.1, 0.15) is 11.8 Å². The highest BCUT2D eigenvalue weighted by Crippen LogP contribution is 2.30. The van der Waals surface area contributed by atoms with Gasteiger partial charge < -0.3 is 14.5 Å². The molecule has 3 aromatic rings. The summed E-state index contributed by atoms with van der Waals surface area (Å²) in [5.41, 5.74) is 3.89. The first kappa shape index (κ1) is 20.5. The maximum atomic E-state index is 12.4. The molecule has 5 rings (SSSR count). The molecule has 0 saturated heterocycles. The predicted octanol–water partition coefficient (Wildman–Crippen LogP) is 4.93. The van der Waals surface area contributed by atoms with Gasteiger partial charge in [0.05, 0.1) is 17.6 Å². The van der Waals surface area contributed by atoms with Gasteiger partial charge in [-0.3, -0.25) is 15.1 Å². The summed E-state index contributed by atoms with van der Waals surface area (Å²) in [5.74, 6) is 0.714. The minimum absolute atomic E-state index is 0.00144. The van der Waals surface area contributed by atoms with Crippen LogP contribution in [0.4, 0.5) is 16.3 Å². The lowest BCUT2D eigenvalue weighted by Crippen LogP contribution is -2.24. The van der Waals surface area contributed by atoms with Crippen LogP contribution in [0.25, 0.3) is 16.8 Å². The molecule has 0 atom stereocenters. The van der Waals surface area contributed by atoms with E-state index in [4.69, 9.17) is 4.74 Å². The van der Waals surface area contributed by atoms with Crippen molar-refractivity contribution in [1.29, 1.82) is 0 Å². The molecule has 2 N–H and O–H groups in total.